The molecule has 0 saturated carbocycles. The molecule has 0 aliphatic heterocycles. The summed E-state index contributed by atoms with van der Waals surface area (Å²) in [6, 6.07) is 10.2. The average molecular weight is 335 g/mol. The molecule has 0 radical (unpaired) electrons. The number of hydrogen-bond acceptors (Lipinski definition) is 3. The van der Waals surface area contributed by atoms with Crippen LogP contribution in [0, 0.1) is 5.92 Å². The number of urea groups is 1. The van der Waals surface area contributed by atoms with Crippen LogP contribution in [-0.4, -0.2) is 36.2 Å². The van der Waals surface area contributed by atoms with Gasteiger partial charge in [-0.15, -0.1) is 0 Å². The number of hydrogen-bond donors (Lipinski definition) is 4. The molecule has 1 aromatic carbocycles. The van der Waals surface area contributed by atoms with Crippen LogP contribution in [0.4, 0.5) is 4.79 Å². The maximum absolute atomic E-state index is 11.7. The van der Waals surface area contributed by atoms with E-state index in [9.17, 15) is 9.59 Å². The molecule has 0 bridgehead atoms. The lowest BCUT2D eigenvalue weighted by molar-refractivity contribution is -0.136. The average Bonchev–Trinajstić information content (AvgIpc) is 2.52. The summed E-state index contributed by atoms with van der Waals surface area (Å²) < 4.78 is 0. The van der Waals surface area contributed by atoms with Gasteiger partial charge < -0.3 is 21.1 Å². The Labute approximate surface area is 144 Å². The van der Waals surface area contributed by atoms with Gasteiger partial charge in [-0.1, -0.05) is 44.2 Å². The monoisotopic (exact) mass is 335 g/mol. The first-order valence-electron chi connectivity index (χ1n) is 8.43. The van der Waals surface area contributed by atoms with Gasteiger partial charge in [-0.2, -0.15) is 0 Å². The van der Waals surface area contributed by atoms with Crippen LogP contribution in [0.25, 0.3) is 0 Å². The van der Waals surface area contributed by atoms with Crippen LogP contribution < -0.4 is 16.0 Å². The SMILES string of the molecule is CC(C)CC(CNC(=O)NCCC(=O)O)NC(C)c1ccccc1. The van der Waals surface area contributed by atoms with Crippen LogP contribution in [0.2, 0.25) is 0 Å². The lowest BCUT2D eigenvalue weighted by Crippen LogP contribution is -2.46. The molecule has 0 aromatic heterocycles. The second-order valence-corrected chi connectivity index (χ2v) is 6.41. The smallest absolute Gasteiger partial charge is 0.314 e. The number of benzene rings is 1. The maximum atomic E-state index is 11.7. The Morgan fingerprint density at radius 2 is 1.75 bits per heavy atom. The van der Waals surface area contributed by atoms with Crippen LogP contribution >= 0.6 is 0 Å². The first kappa shape index (κ1) is 20.0. The molecule has 0 aliphatic rings. The van der Waals surface area contributed by atoms with Gasteiger partial charge in [-0.3, -0.25) is 4.79 Å². The molecule has 4 N–H and O–H groups in total. The molecule has 1 rings (SSSR count). The normalized spacial score (nSPS) is 13.3. The Morgan fingerprint density at radius 3 is 2.33 bits per heavy atom. The Kier molecular flexibility index (Phi) is 8.86. The van der Waals surface area contributed by atoms with Gasteiger partial charge in [0, 0.05) is 25.2 Å². The van der Waals surface area contributed by atoms with E-state index in [1.165, 1.54) is 5.56 Å². The maximum Gasteiger partial charge on any atom is 0.314 e. The summed E-state index contributed by atoms with van der Waals surface area (Å²) in [5, 5.41) is 17.5. The Hall–Kier alpha value is -2.08. The van der Waals surface area contributed by atoms with Crippen molar-refractivity contribution in [3.05, 3.63) is 35.9 Å². The van der Waals surface area contributed by atoms with E-state index in [4.69, 9.17) is 5.11 Å². The highest BCUT2D eigenvalue weighted by atomic mass is 16.4. The second-order valence-electron chi connectivity index (χ2n) is 6.41. The van der Waals surface area contributed by atoms with Gasteiger partial charge in [0.2, 0.25) is 0 Å². The van der Waals surface area contributed by atoms with Crippen LogP contribution in [0.3, 0.4) is 0 Å². The summed E-state index contributed by atoms with van der Waals surface area (Å²) in [5.74, 6) is -0.423. The Bertz CT molecular complexity index is 505. The van der Waals surface area contributed by atoms with Crippen molar-refractivity contribution in [1.82, 2.24) is 16.0 Å². The van der Waals surface area contributed by atoms with E-state index < -0.39 is 5.97 Å². The lowest BCUT2D eigenvalue weighted by atomic mass is 10.0. The fraction of sp³-hybridized carbons (Fsp3) is 0.556. The molecule has 0 fully saturated rings. The van der Waals surface area contributed by atoms with E-state index in [1.807, 2.05) is 18.2 Å². The highest BCUT2D eigenvalue weighted by molar-refractivity contribution is 5.74. The number of aliphatic carboxylic acids is 1. The molecule has 0 saturated heterocycles. The van der Waals surface area contributed by atoms with E-state index in [0.29, 0.717) is 12.5 Å². The highest BCUT2D eigenvalue weighted by Crippen LogP contribution is 2.14. The van der Waals surface area contributed by atoms with E-state index in [2.05, 4.69) is 48.9 Å². The number of carboxylic acids is 1. The summed E-state index contributed by atoms with van der Waals surface area (Å²) in [4.78, 5) is 22.2. The van der Waals surface area contributed by atoms with Gasteiger partial charge in [0.1, 0.15) is 0 Å². The molecular weight excluding hydrogens is 306 g/mol. The van der Waals surface area contributed by atoms with Crippen molar-refractivity contribution in [3.8, 4) is 0 Å². The minimum Gasteiger partial charge on any atom is -0.481 e. The van der Waals surface area contributed by atoms with Crippen molar-refractivity contribution >= 4 is 12.0 Å². The number of nitrogens with one attached hydrogen (secondary N) is 3. The molecule has 2 amide bonds. The number of carboxylic acid groups (broad SMARTS) is 1. The van der Waals surface area contributed by atoms with Crippen LogP contribution in [0.15, 0.2) is 30.3 Å². The zero-order valence-corrected chi connectivity index (χ0v) is 14.7. The minimum atomic E-state index is -0.925. The molecule has 1 aromatic rings. The van der Waals surface area contributed by atoms with E-state index in [1.54, 1.807) is 0 Å². The first-order valence-corrected chi connectivity index (χ1v) is 8.43. The number of carbonyl (C=O) groups is 2. The van der Waals surface area contributed by atoms with Crippen molar-refractivity contribution in [2.75, 3.05) is 13.1 Å². The van der Waals surface area contributed by atoms with E-state index in [0.717, 1.165) is 6.42 Å². The molecule has 0 aliphatic carbocycles. The number of carbonyl (C=O) groups excluding carboxylic acids is 1. The predicted octanol–water partition coefficient (Wildman–Crippen LogP) is 2.53. The summed E-state index contributed by atoms with van der Waals surface area (Å²) in [6.07, 6.45) is 0.860. The third kappa shape index (κ3) is 8.53. The third-order valence-electron chi connectivity index (χ3n) is 3.67. The number of rotatable bonds is 10. The fourth-order valence-corrected chi connectivity index (χ4v) is 2.53. The molecule has 2 unspecified atom stereocenters. The van der Waals surface area contributed by atoms with Crippen LogP contribution in [0.5, 0.6) is 0 Å². The van der Waals surface area contributed by atoms with Gasteiger partial charge in [0.15, 0.2) is 0 Å². The molecule has 6 nitrogen and oxygen atoms in total. The Morgan fingerprint density at radius 1 is 1.08 bits per heavy atom. The fourth-order valence-electron chi connectivity index (χ4n) is 2.53. The third-order valence-corrected chi connectivity index (χ3v) is 3.67. The lowest BCUT2D eigenvalue weighted by Gasteiger charge is -2.25. The zero-order valence-electron chi connectivity index (χ0n) is 14.7. The highest BCUT2D eigenvalue weighted by Gasteiger charge is 2.16. The van der Waals surface area contributed by atoms with Gasteiger partial charge in [0.05, 0.1) is 6.42 Å². The van der Waals surface area contributed by atoms with Gasteiger partial charge in [-0.05, 0) is 24.8 Å². The topological polar surface area (TPSA) is 90.5 Å². The van der Waals surface area contributed by atoms with Crippen molar-refractivity contribution < 1.29 is 14.7 Å². The summed E-state index contributed by atoms with van der Waals surface area (Å²) in [5.41, 5.74) is 1.21. The van der Waals surface area contributed by atoms with E-state index in [-0.39, 0.29) is 31.1 Å². The largest absolute Gasteiger partial charge is 0.481 e. The van der Waals surface area contributed by atoms with Crippen molar-refractivity contribution in [1.29, 1.82) is 0 Å². The number of amides is 2. The minimum absolute atomic E-state index is 0.0772. The van der Waals surface area contributed by atoms with Crippen molar-refractivity contribution in [3.63, 3.8) is 0 Å². The molecule has 2 atom stereocenters. The molecule has 0 heterocycles. The molecule has 0 spiro atoms. The molecule has 6 heteroatoms. The second kappa shape index (κ2) is 10.6. The van der Waals surface area contributed by atoms with E-state index >= 15 is 0 Å². The summed E-state index contributed by atoms with van der Waals surface area (Å²) >= 11 is 0. The van der Waals surface area contributed by atoms with Gasteiger partial charge in [0.25, 0.3) is 0 Å². The van der Waals surface area contributed by atoms with Crippen molar-refractivity contribution in [2.45, 2.75) is 45.7 Å². The molecular formula is C18H29N3O3. The summed E-state index contributed by atoms with van der Waals surface area (Å²) in [6.45, 7) is 7.03. The van der Waals surface area contributed by atoms with Gasteiger partial charge >= 0.3 is 12.0 Å². The molecule has 24 heavy (non-hydrogen) atoms. The van der Waals surface area contributed by atoms with Crippen LogP contribution in [0.1, 0.15) is 45.2 Å². The standard InChI is InChI=1S/C18H29N3O3/c1-13(2)11-16(12-20-18(24)19-10-9-17(22)23)21-14(3)15-7-5-4-6-8-15/h4-8,13-14,16,21H,9-12H2,1-3H3,(H,22,23)(H2,19,20,24). The first-order chi connectivity index (χ1) is 11.4. The van der Waals surface area contributed by atoms with Crippen molar-refractivity contribution in [2.24, 2.45) is 5.92 Å². The quantitative estimate of drug-likeness (QED) is 0.529. The zero-order chi connectivity index (χ0) is 17.9. The summed E-state index contributed by atoms with van der Waals surface area (Å²) in [7, 11) is 0. The van der Waals surface area contributed by atoms with Crippen LogP contribution in [-0.2, 0) is 4.79 Å². The molecule has 134 valence electrons. The Balaban J connectivity index is 2.47. The van der Waals surface area contributed by atoms with Gasteiger partial charge in [-0.25, -0.2) is 4.79 Å². The predicted molar refractivity (Wildman–Crippen MR) is 94.9 cm³/mol.